The number of unbranched alkanes of at least 4 members (excludes halogenated alkanes) is 2. The number of anilines is 1. The summed E-state index contributed by atoms with van der Waals surface area (Å²) in [6.07, 6.45) is 8.93. The molecule has 2 aliphatic rings. The average molecular weight is 379 g/mol. The Labute approximate surface area is 163 Å². The first-order valence-electron chi connectivity index (χ1n) is 10.4. The smallest absolute Gasteiger partial charge is 0.258 e. The van der Waals surface area contributed by atoms with Gasteiger partial charge in [0.25, 0.3) is 5.89 Å². The van der Waals surface area contributed by atoms with Gasteiger partial charge in [0.05, 0.1) is 0 Å². The Morgan fingerprint density at radius 1 is 0.893 bits per heavy atom. The van der Waals surface area contributed by atoms with Crippen LogP contribution in [0.3, 0.4) is 0 Å². The summed E-state index contributed by atoms with van der Waals surface area (Å²) in [6, 6.07) is 8.17. The zero-order valence-corrected chi connectivity index (χ0v) is 15.9. The molecule has 2 fully saturated rings. The number of hydrogen-bond donors (Lipinski definition) is 1. The van der Waals surface area contributed by atoms with Gasteiger partial charge in [0.1, 0.15) is 0 Å². The number of aryl methyl sites for hydroxylation is 1. The first kappa shape index (κ1) is 17.4. The molecule has 2 aliphatic carbocycles. The second-order valence-corrected chi connectivity index (χ2v) is 7.87. The largest absolute Gasteiger partial charge is 0.385 e. The first-order valence-corrected chi connectivity index (χ1v) is 10.4. The van der Waals surface area contributed by atoms with Gasteiger partial charge in [-0.1, -0.05) is 22.8 Å². The Kier molecular flexibility index (Phi) is 4.81. The Bertz CT molecular complexity index is 926. The van der Waals surface area contributed by atoms with E-state index in [1.165, 1.54) is 25.7 Å². The molecular weight excluding hydrogens is 354 g/mol. The van der Waals surface area contributed by atoms with Crippen molar-refractivity contribution in [3.8, 4) is 11.5 Å². The molecule has 0 atom stereocenters. The highest BCUT2D eigenvalue weighted by Crippen LogP contribution is 2.39. The number of nitrogens with one attached hydrogen (secondary N) is 1. The van der Waals surface area contributed by atoms with E-state index < -0.39 is 0 Å². The maximum absolute atomic E-state index is 5.42. The van der Waals surface area contributed by atoms with Crippen molar-refractivity contribution in [2.45, 2.75) is 63.2 Å². The maximum atomic E-state index is 5.42. The zero-order valence-electron chi connectivity index (χ0n) is 15.9. The lowest BCUT2D eigenvalue weighted by molar-refractivity contribution is 0.369. The number of rotatable bonds is 10. The maximum Gasteiger partial charge on any atom is 0.258 e. The highest BCUT2D eigenvalue weighted by molar-refractivity contribution is 5.61. The normalized spacial score (nSPS) is 16.4. The van der Waals surface area contributed by atoms with Crippen LogP contribution >= 0.6 is 0 Å². The third-order valence-corrected chi connectivity index (χ3v) is 5.32. The van der Waals surface area contributed by atoms with Gasteiger partial charge < -0.3 is 14.4 Å². The molecule has 1 aromatic carbocycles. The molecule has 0 radical (unpaired) electrons. The molecule has 28 heavy (non-hydrogen) atoms. The quantitative estimate of drug-likeness (QED) is 0.511. The Balaban J connectivity index is 1.05. The van der Waals surface area contributed by atoms with E-state index >= 15 is 0 Å². The van der Waals surface area contributed by atoms with Crippen molar-refractivity contribution in [3.63, 3.8) is 0 Å². The van der Waals surface area contributed by atoms with E-state index in [9.17, 15) is 0 Å². The minimum atomic E-state index is 0.506. The van der Waals surface area contributed by atoms with E-state index in [0.29, 0.717) is 17.7 Å². The molecule has 0 unspecified atom stereocenters. The van der Waals surface area contributed by atoms with Gasteiger partial charge in [0.2, 0.25) is 5.89 Å². The van der Waals surface area contributed by atoms with Gasteiger partial charge in [-0.3, -0.25) is 0 Å². The summed E-state index contributed by atoms with van der Waals surface area (Å²) >= 11 is 0. The van der Waals surface area contributed by atoms with Crippen LogP contribution in [0.1, 0.15) is 74.3 Å². The molecule has 2 heterocycles. The number of benzene rings is 1. The van der Waals surface area contributed by atoms with Gasteiger partial charge in [-0.25, -0.2) is 0 Å². The SMILES string of the molecule is c1cc(NCCCCCc2nc(C3CC3)no2)cc(-c2nc(C3CC3)no2)c1. The molecule has 146 valence electrons. The third kappa shape index (κ3) is 4.24. The van der Waals surface area contributed by atoms with Crippen LogP contribution in [0.5, 0.6) is 0 Å². The van der Waals surface area contributed by atoms with E-state index in [0.717, 1.165) is 61.0 Å². The van der Waals surface area contributed by atoms with E-state index in [1.54, 1.807) is 0 Å². The third-order valence-electron chi connectivity index (χ3n) is 5.32. The van der Waals surface area contributed by atoms with Crippen LogP contribution in [-0.2, 0) is 6.42 Å². The van der Waals surface area contributed by atoms with Crippen LogP contribution < -0.4 is 5.32 Å². The predicted octanol–water partition coefficient (Wildman–Crippen LogP) is 4.70. The topological polar surface area (TPSA) is 89.9 Å². The fourth-order valence-corrected chi connectivity index (χ4v) is 3.31. The number of aromatic nitrogens is 4. The summed E-state index contributed by atoms with van der Waals surface area (Å²) in [7, 11) is 0. The van der Waals surface area contributed by atoms with Gasteiger partial charge in [-0.05, 0) is 56.7 Å². The minimum Gasteiger partial charge on any atom is -0.385 e. The van der Waals surface area contributed by atoms with Crippen molar-refractivity contribution in [2.24, 2.45) is 0 Å². The lowest BCUT2D eigenvalue weighted by atomic mass is 10.1. The number of hydrogen-bond acceptors (Lipinski definition) is 7. The summed E-state index contributed by atoms with van der Waals surface area (Å²) < 4.78 is 10.7. The Morgan fingerprint density at radius 2 is 1.68 bits per heavy atom. The summed E-state index contributed by atoms with van der Waals surface area (Å²) in [5.41, 5.74) is 2.04. The van der Waals surface area contributed by atoms with Crippen LogP contribution in [0.2, 0.25) is 0 Å². The minimum absolute atomic E-state index is 0.506. The molecule has 7 heteroatoms. The summed E-state index contributed by atoms with van der Waals surface area (Å²) in [5, 5.41) is 11.6. The van der Waals surface area contributed by atoms with Crippen molar-refractivity contribution in [2.75, 3.05) is 11.9 Å². The zero-order chi connectivity index (χ0) is 18.8. The Morgan fingerprint density at radius 3 is 2.50 bits per heavy atom. The molecule has 5 rings (SSSR count). The Hall–Kier alpha value is -2.70. The van der Waals surface area contributed by atoms with Crippen LogP contribution in [0.25, 0.3) is 11.5 Å². The van der Waals surface area contributed by atoms with Crippen molar-refractivity contribution >= 4 is 5.69 Å². The van der Waals surface area contributed by atoms with E-state index in [1.807, 2.05) is 12.1 Å². The van der Waals surface area contributed by atoms with Crippen molar-refractivity contribution < 1.29 is 9.05 Å². The molecule has 2 aromatic heterocycles. The van der Waals surface area contributed by atoms with Crippen LogP contribution in [0.4, 0.5) is 5.69 Å². The second-order valence-electron chi connectivity index (χ2n) is 7.87. The highest BCUT2D eigenvalue weighted by atomic mass is 16.5. The van der Waals surface area contributed by atoms with Crippen molar-refractivity contribution in [1.82, 2.24) is 20.3 Å². The summed E-state index contributed by atoms with van der Waals surface area (Å²) in [4.78, 5) is 9.00. The second kappa shape index (κ2) is 7.73. The van der Waals surface area contributed by atoms with Crippen LogP contribution in [-0.4, -0.2) is 26.8 Å². The van der Waals surface area contributed by atoms with Gasteiger partial charge in [0.15, 0.2) is 11.6 Å². The fraction of sp³-hybridized carbons (Fsp3) is 0.524. The molecule has 0 saturated heterocycles. The lowest BCUT2D eigenvalue weighted by Crippen LogP contribution is -2.01. The molecular formula is C21H25N5O2. The summed E-state index contributed by atoms with van der Waals surface area (Å²) in [6.45, 7) is 0.928. The van der Waals surface area contributed by atoms with Gasteiger partial charge >= 0.3 is 0 Å². The molecule has 7 nitrogen and oxygen atoms in total. The van der Waals surface area contributed by atoms with Crippen molar-refractivity contribution in [1.29, 1.82) is 0 Å². The molecule has 3 aromatic rings. The fourth-order valence-electron chi connectivity index (χ4n) is 3.31. The van der Waals surface area contributed by atoms with Gasteiger partial charge in [-0.2, -0.15) is 9.97 Å². The van der Waals surface area contributed by atoms with Crippen LogP contribution in [0, 0.1) is 0 Å². The van der Waals surface area contributed by atoms with E-state index in [4.69, 9.17) is 9.05 Å². The number of nitrogens with zero attached hydrogens (tertiary/aromatic N) is 4. The average Bonchev–Trinajstić information content (AvgIpc) is 3.66. The molecule has 1 N–H and O–H groups in total. The first-order chi connectivity index (χ1) is 13.8. The van der Waals surface area contributed by atoms with Crippen LogP contribution in [0.15, 0.2) is 33.3 Å². The molecule has 0 aliphatic heterocycles. The molecule has 0 amide bonds. The van der Waals surface area contributed by atoms with E-state index in [2.05, 4.69) is 37.7 Å². The lowest BCUT2D eigenvalue weighted by Gasteiger charge is -2.06. The van der Waals surface area contributed by atoms with Crippen molar-refractivity contribution in [3.05, 3.63) is 41.8 Å². The standard InChI is InChI=1S/C21H25N5O2/c1(2-7-18-23-19(25-27-18)14-8-9-14)3-12-22-17-6-4-5-16(13-17)21-24-20(26-28-21)15-10-11-15/h4-6,13-15,22H,1-3,7-12H2. The monoisotopic (exact) mass is 379 g/mol. The molecule has 2 saturated carbocycles. The van der Waals surface area contributed by atoms with E-state index in [-0.39, 0.29) is 0 Å². The van der Waals surface area contributed by atoms with Gasteiger partial charge in [0, 0.05) is 36.1 Å². The molecule has 0 bridgehead atoms. The van der Waals surface area contributed by atoms with Gasteiger partial charge in [-0.15, -0.1) is 0 Å². The summed E-state index contributed by atoms with van der Waals surface area (Å²) in [5.74, 6) is 4.21. The highest BCUT2D eigenvalue weighted by Gasteiger charge is 2.29. The molecule has 0 spiro atoms. The predicted molar refractivity (Wildman–Crippen MR) is 104 cm³/mol.